The van der Waals surface area contributed by atoms with Crippen LogP contribution in [0, 0.1) is 11.7 Å². The third-order valence-corrected chi connectivity index (χ3v) is 5.32. The molecule has 0 amide bonds. The van der Waals surface area contributed by atoms with Gasteiger partial charge in [0, 0.05) is 18.8 Å². The highest BCUT2D eigenvalue weighted by molar-refractivity contribution is 5.19. The van der Waals surface area contributed by atoms with Gasteiger partial charge in [-0.1, -0.05) is 24.3 Å². The molecular formula is C20H30FN5. The van der Waals surface area contributed by atoms with Gasteiger partial charge in [0.25, 0.3) is 0 Å². The van der Waals surface area contributed by atoms with E-state index in [1.807, 2.05) is 23.0 Å². The van der Waals surface area contributed by atoms with Crippen LogP contribution in [-0.4, -0.2) is 46.1 Å². The smallest absolute Gasteiger partial charge is 0.123 e. The number of hydrogen-bond acceptors (Lipinski definition) is 4. The zero-order valence-electron chi connectivity index (χ0n) is 15.6. The predicted octanol–water partition coefficient (Wildman–Crippen LogP) is 3.26. The van der Waals surface area contributed by atoms with Crippen molar-refractivity contribution in [2.24, 2.45) is 5.92 Å². The SMILES string of the molecule is CC1CCN(CCC[C@H](NCCn2ccnn2)c2ccc(F)cc2)CC1. The van der Waals surface area contributed by atoms with Gasteiger partial charge in [0.05, 0.1) is 12.7 Å². The van der Waals surface area contributed by atoms with Gasteiger partial charge in [-0.2, -0.15) is 0 Å². The summed E-state index contributed by atoms with van der Waals surface area (Å²) in [4.78, 5) is 2.58. The number of nitrogens with one attached hydrogen (secondary N) is 1. The summed E-state index contributed by atoms with van der Waals surface area (Å²) in [7, 11) is 0. The third kappa shape index (κ3) is 5.88. The molecular weight excluding hydrogens is 329 g/mol. The fourth-order valence-electron chi connectivity index (χ4n) is 3.59. The molecule has 0 saturated carbocycles. The quantitative estimate of drug-likeness (QED) is 0.746. The van der Waals surface area contributed by atoms with Gasteiger partial charge in [-0.15, -0.1) is 5.10 Å². The molecule has 0 radical (unpaired) electrons. The highest BCUT2D eigenvalue weighted by atomic mass is 19.1. The maximum absolute atomic E-state index is 13.3. The van der Waals surface area contributed by atoms with Gasteiger partial charge in [0.2, 0.25) is 0 Å². The van der Waals surface area contributed by atoms with E-state index in [9.17, 15) is 4.39 Å². The summed E-state index contributed by atoms with van der Waals surface area (Å²) in [6.45, 7) is 7.54. The summed E-state index contributed by atoms with van der Waals surface area (Å²) in [5.74, 6) is 0.689. The van der Waals surface area contributed by atoms with Crippen molar-refractivity contribution in [3.8, 4) is 0 Å². The Morgan fingerprint density at radius 1 is 1.19 bits per heavy atom. The van der Waals surface area contributed by atoms with Gasteiger partial charge in [-0.05, 0) is 68.9 Å². The Morgan fingerprint density at radius 3 is 2.65 bits per heavy atom. The lowest BCUT2D eigenvalue weighted by atomic mass is 9.98. The van der Waals surface area contributed by atoms with Crippen molar-refractivity contribution in [1.82, 2.24) is 25.2 Å². The number of halogens is 1. The van der Waals surface area contributed by atoms with Gasteiger partial charge in [-0.3, -0.25) is 4.68 Å². The fourth-order valence-corrected chi connectivity index (χ4v) is 3.59. The first kappa shape index (κ1) is 19.0. The molecule has 0 spiro atoms. The molecule has 3 rings (SSSR count). The van der Waals surface area contributed by atoms with E-state index in [1.165, 1.54) is 25.9 Å². The number of nitrogens with zero attached hydrogens (tertiary/aromatic N) is 4. The molecule has 26 heavy (non-hydrogen) atoms. The molecule has 0 bridgehead atoms. The minimum atomic E-state index is -0.183. The van der Waals surface area contributed by atoms with E-state index in [0.29, 0.717) is 0 Å². The topological polar surface area (TPSA) is 46.0 Å². The Labute approximate surface area is 155 Å². The Kier molecular flexibility index (Phi) is 7.14. The molecule has 1 fully saturated rings. The molecule has 5 nitrogen and oxygen atoms in total. The van der Waals surface area contributed by atoms with Crippen LogP contribution in [0.2, 0.25) is 0 Å². The van der Waals surface area contributed by atoms with E-state index in [0.717, 1.165) is 44.0 Å². The Morgan fingerprint density at radius 2 is 1.96 bits per heavy atom. The fraction of sp³-hybridized carbons (Fsp3) is 0.600. The van der Waals surface area contributed by atoms with E-state index < -0.39 is 0 Å². The number of rotatable bonds is 9. The molecule has 1 saturated heterocycles. The first-order valence-corrected chi connectivity index (χ1v) is 9.76. The molecule has 0 unspecified atom stereocenters. The van der Waals surface area contributed by atoms with Crippen molar-refractivity contribution in [2.45, 2.75) is 45.2 Å². The third-order valence-electron chi connectivity index (χ3n) is 5.32. The maximum Gasteiger partial charge on any atom is 0.123 e. The lowest BCUT2D eigenvalue weighted by molar-refractivity contribution is 0.187. The molecule has 2 heterocycles. The molecule has 2 aromatic rings. The average Bonchev–Trinajstić information content (AvgIpc) is 3.16. The highest BCUT2D eigenvalue weighted by Crippen LogP contribution is 2.21. The van der Waals surface area contributed by atoms with Crippen LogP contribution in [0.5, 0.6) is 0 Å². The molecule has 1 atom stereocenters. The van der Waals surface area contributed by atoms with E-state index in [1.54, 1.807) is 18.3 Å². The van der Waals surface area contributed by atoms with Crippen LogP contribution >= 0.6 is 0 Å². The van der Waals surface area contributed by atoms with Crippen molar-refractivity contribution in [3.63, 3.8) is 0 Å². The van der Waals surface area contributed by atoms with Gasteiger partial charge >= 0.3 is 0 Å². The second-order valence-corrected chi connectivity index (χ2v) is 7.39. The number of aromatic nitrogens is 3. The zero-order valence-corrected chi connectivity index (χ0v) is 15.6. The molecule has 0 aliphatic carbocycles. The van der Waals surface area contributed by atoms with Crippen molar-refractivity contribution < 1.29 is 4.39 Å². The molecule has 1 aliphatic rings. The number of piperidine rings is 1. The van der Waals surface area contributed by atoms with Gasteiger partial charge in [0.15, 0.2) is 0 Å². The molecule has 1 aromatic carbocycles. The number of likely N-dealkylation sites (tertiary alicyclic amines) is 1. The standard InChI is InChI=1S/C20H30FN5/c1-17-8-13-25(14-9-17)12-2-3-20(18-4-6-19(21)7-5-18)22-10-15-26-16-11-23-24-26/h4-7,11,16-17,20,22H,2-3,8-10,12-15H2,1H3/t20-/m0/s1. The van der Waals surface area contributed by atoms with Crippen molar-refractivity contribution >= 4 is 0 Å². The Hall–Kier alpha value is -1.79. The van der Waals surface area contributed by atoms with Gasteiger partial charge < -0.3 is 10.2 Å². The Bertz CT molecular complexity index is 620. The van der Waals surface area contributed by atoms with Crippen LogP contribution < -0.4 is 5.32 Å². The van der Waals surface area contributed by atoms with Crippen LogP contribution in [0.15, 0.2) is 36.7 Å². The molecule has 142 valence electrons. The summed E-state index contributed by atoms with van der Waals surface area (Å²) < 4.78 is 15.1. The molecule has 1 aromatic heterocycles. The number of hydrogen-bond donors (Lipinski definition) is 1. The lowest BCUT2D eigenvalue weighted by Gasteiger charge is -2.30. The summed E-state index contributed by atoms with van der Waals surface area (Å²) in [5, 5.41) is 11.4. The number of benzene rings is 1. The van der Waals surface area contributed by atoms with Crippen LogP contribution in [0.4, 0.5) is 4.39 Å². The summed E-state index contributed by atoms with van der Waals surface area (Å²) >= 11 is 0. The average molecular weight is 359 g/mol. The van der Waals surface area contributed by atoms with Crippen LogP contribution in [0.1, 0.15) is 44.2 Å². The highest BCUT2D eigenvalue weighted by Gasteiger charge is 2.16. The van der Waals surface area contributed by atoms with E-state index in [-0.39, 0.29) is 11.9 Å². The van der Waals surface area contributed by atoms with Crippen molar-refractivity contribution in [2.75, 3.05) is 26.2 Å². The first-order chi connectivity index (χ1) is 12.7. The normalized spacial score (nSPS) is 17.5. The van der Waals surface area contributed by atoms with E-state index >= 15 is 0 Å². The lowest BCUT2D eigenvalue weighted by Crippen LogP contribution is -2.34. The summed E-state index contributed by atoms with van der Waals surface area (Å²) in [5.41, 5.74) is 1.15. The van der Waals surface area contributed by atoms with E-state index in [2.05, 4.69) is 27.5 Å². The van der Waals surface area contributed by atoms with E-state index in [4.69, 9.17) is 0 Å². The second-order valence-electron chi connectivity index (χ2n) is 7.39. The maximum atomic E-state index is 13.3. The second kappa shape index (κ2) is 9.78. The van der Waals surface area contributed by atoms with Gasteiger partial charge in [-0.25, -0.2) is 4.39 Å². The first-order valence-electron chi connectivity index (χ1n) is 9.76. The molecule has 1 N–H and O–H groups in total. The predicted molar refractivity (Wildman–Crippen MR) is 101 cm³/mol. The van der Waals surface area contributed by atoms with Crippen molar-refractivity contribution in [1.29, 1.82) is 0 Å². The minimum Gasteiger partial charge on any atom is -0.308 e. The van der Waals surface area contributed by atoms with Crippen LogP contribution in [-0.2, 0) is 6.54 Å². The zero-order chi connectivity index (χ0) is 18.2. The van der Waals surface area contributed by atoms with Gasteiger partial charge in [0.1, 0.15) is 5.82 Å². The summed E-state index contributed by atoms with van der Waals surface area (Å²) in [6.07, 6.45) is 8.39. The largest absolute Gasteiger partial charge is 0.308 e. The molecule has 6 heteroatoms. The van der Waals surface area contributed by atoms with Crippen molar-refractivity contribution in [3.05, 3.63) is 48.0 Å². The van der Waals surface area contributed by atoms with Crippen LogP contribution in [0.25, 0.3) is 0 Å². The Balaban J connectivity index is 1.49. The minimum absolute atomic E-state index is 0.183. The molecule has 1 aliphatic heterocycles. The monoisotopic (exact) mass is 359 g/mol. The van der Waals surface area contributed by atoms with Crippen LogP contribution in [0.3, 0.4) is 0 Å². The summed E-state index contributed by atoms with van der Waals surface area (Å²) in [6, 6.07) is 7.12.